The SMILES string of the molecule is ClCc1ncc(CCl)c(NC2CC2)n1. The first-order valence-electron chi connectivity index (χ1n) is 4.56. The molecule has 14 heavy (non-hydrogen) atoms. The van der Waals surface area contributed by atoms with Crippen LogP contribution in [0.2, 0.25) is 0 Å². The van der Waals surface area contributed by atoms with Gasteiger partial charge >= 0.3 is 0 Å². The third-order valence-corrected chi connectivity index (χ3v) is 2.62. The summed E-state index contributed by atoms with van der Waals surface area (Å²) in [5.41, 5.74) is 0.937. The van der Waals surface area contributed by atoms with Crippen molar-refractivity contribution in [3.8, 4) is 0 Å². The van der Waals surface area contributed by atoms with E-state index in [4.69, 9.17) is 23.2 Å². The number of nitrogens with one attached hydrogen (secondary N) is 1. The van der Waals surface area contributed by atoms with Crippen molar-refractivity contribution >= 4 is 29.0 Å². The molecule has 0 spiro atoms. The third kappa shape index (κ3) is 2.28. The van der Waals surface area contributed by atoms with Gasteiger partial charge in [-0.2, -0.15) is 0 Å². The number of alkyl halides is 2. The fourth-order valence-electron chi connectivity index (χ4n) is 1.15. The lowest BCUT2D eigenvalue weighted by atomic mass is 10.3. The molecule has 1 fully saturated rings. The zero-order valence-electron chi connectivity index (χ0n) is 7.63. The van der Waals surface area contributed by atoms with E-state index >= 15 is 0 Å². The van der Waals surface area contributed by atoms with Crippen LogP contribution < -0.4 is 5.32 Å². The van der Waals surface area contributed by atoms with Gasteiger partial charge in [-0.1, -0.05) is 0 Å². The average molecular weight is 232 g/mol. The van der Waals surface area contributed by atoms with E-state index in [0.29, 0.717) is 23.6 Å². The Morgan fingerprint density at radius 3 is 2.71 bits per heavy atom. The predicted octanol–water partition coefficient (Wildman–Crippen LogP) is 2.53. The molecule has 0 unspecified atom stereocenters. The summed E-state index contributed by atoms with van der Waals surface area (Å²) in [6, 6.07) is 0.565. The lowest BCUT2D eigenvalue weighted by molar-refractivity contribution is 0.983. The summed E-state index contributed by atoms with van der Waals surface area (Å²) in [6.45, 7) is 0. The summed E-state index contributed by atoms with van der Waals surface area (Å²) in [7, 11) is 0. The van der Waals surface area contributed by atoms with Gasteiger partial charge in [0.25, 0.3) is 0 Å². The second-order valence-corrected chi connectivity index (χ2v) is 3.88. The van der Waals surface area contributed by atoms with Crippen LogP contribution in [0.3, 0.4) is 0 Å². The van der Waals surface area contributed by atoms with E-state index in [1.54, 1.807) is 6.20 Å². The van der Waals surface area contributed by atoms with Gasteiger partial charge < -0.3 is 5.32 Å². The second-order valence-electron chi connectivity index (χ2n) is 3.35. The molecule has 3 nitrogen and oxygen atoms in total. The fourth-order valence-corrected chi connectivity index (χ4v) is 1.48. The summed E-state index contributed by atoms with van der Waals surface area (Å²) in [4.78, 5) is 8.39. The highest BCUT2D eigenvalue weighted by atomic mass is 35.5. The Labute approximate surface area is 92.8 Å². The van der Waals surface area contributed by atoms with Gasteiger partial charge in [-0.3, -0.25) is 0 Å². The van der Waals surface area contributed by atoms with Gasteiger partial charge in [-0.05, 0) is 12.8 Å². The van der Waals surface area contributed by atoms with E-state index in [0.717, 1.165) is 11.4 Å². The van der Waals surface area contributed by atoms with Crippen molar-refractivity contribution in [1.29, 1.82) is 0 Å². The van der Waals surface area contributed by atoms with E-state index in [2.05, 4.69) is 15.3 Å². The average Bonchev–Trinajstić information content (AvgIpc) is 3.01. The highest BCUT2D eigenvalue weighted by Crippen LogP contribution is 2.26. The molecular formula is C9H11Cl2N3. The molecule has 0 radical (unpaired) electrons. The summed E-state index contributed by atoms with van der Waals surface area (Å²) in [6.07, 6.45) is 4.16. The van der Waals surface area contributed by atoms with Crippen molar-refractivity contribution in [2.45, 2.75) is 30.6 Å². The molecule has 5 heteroatoms. The summed E-state index contributed by atoms with van der Waals surface area (Å²) in [5.74, 6) is 2.25. The summed E-state index contributed by atoms with van der Waals surface area (Å²) >= 11 is 11.4. The van der Waals surface area contributed by atoms with Crippen LogP contribution in [-0.4, -0.2) is 16.0 Å². The van der Waals surface area contributed by atoms with Gasteiger partial charge in [0.1, 0.15) is 11.6 Å². The number of hydrogen-bond acceptors (Lipinski definition) is 3. The maximum Gasteiger partial charge on any atom is 0.145 e. The molecule has 76 valence electrons. The van der Waals surface area contributed by atoms with Crippen molar-refractivity contribution in [2.75, 3.05) is 5.32 Å². The monoisotopic (exact) mass is 231 g/mol. The lowest BCUT2D eigenvalue weighted by Crippen LogP contribution is -2.08. The Balaban J connectivity index is 2.21. The molecule has 1 aliphatic carbocycles. The van der Waals surface area contributed by atoms with E-state index in [1.165, 1.54) is 12.8 Å². The summed E-state index contributed by atoms with van der Waals surface area (Å²) in [5, 5.41) is 3.32. The minimum Gasteiger partial charge on any atom is -0.367 e. The number of anilines is 1. The zero-order chi connectivity index (χ0) is 9.97. The molecule has 1 aromatic rings. The molecule has 0 aliphatic heterocycles. The molecule has 1 saturated carbocycles. The van der Waals surface area contributed by atoms with E-state index in [1.807, 2.05) is 0 Å². The Bertz CT molecular complexity index is 326. The Hall–Kier alpha value is -0.540. The molecule has 1 heterocycles. The van der Waals surface area contributed by atoms with Crippen LogP contribution >= 0.6 is 23.2 Å². The van der Waals surface area contributed by atoms with Gasteiger partial charge in [-0.15, -0.1) is 23.2 Å². The van der Waals surface area contributed by atoms with E-state index < -0.39 is 0 Å². The van der Waals surface area contributed by atoms with Crippen LogP contribution in [0.15, 0.2) is 6.20 Å². The highest BCUT2D eigenvalue weighted by Gasteiger charge is 2.22. The first-order chi connectivity index (χ1) is 6.83. The standard InChI is InChI=1S/C9H11Cl2N3/c10-3-6-5-12-8(4-11)14-9(6)13-7-1-2-7/h5,7H,1-4H2,(H,12,13,14). The molecule has 2 rings (SSSR count). The number of aromatic nitrogens is 2. The molecule has 0 amide bonds. The predicted molar refractivity (Wildman–Crippen MR) is 57.8 cm³/mol. The van der Waals surface area contributed by atoms with Crippen LogP contribution in [-0.2, 0) is 11.8 Å². The summed E-state index contributed by atoms with van der Waals surface area (Å²) < 4.78 is 0. The minimum atomic E-state index is 0.335. The number of halogens is 2. The molecule has 0 atom stereocenters. The normalized spacial score (nSPS) is 15.6. The van der Waals surface area contributed by atoms with Crippen LogP contribution in [0.1, 0.15) is 24.2 Å². The molecule has 1 N–H and O–H groups in total. The van der Waals surface area contributed by atoms with Crippen molar-refractivity contribution in [3.05, 3.63) is 17.6 Å². The van der Waals surface area contributed by atoms with Crippen LogP contribution in [0.25, 0.3) is 0 Å². The topological polar surface area (TPSA) is 37.8 Å². The second kappa shape index (κ2) is 4.32. The maximum atomic E-state index is 5.78. The Morgan fingerprint density at radius 1 is 1.36 bits per heavy atom. The smallest absolute Gasteiger partial charge is 0.145 e. The first-order valence-corrected chi connectivity index (χ1v) is 5.63. The van der Waals surface area contributed by atoms with Gasteiger partial charge in [0.15, 0.2) is 0 Å². The Morgan fingerprint density at radius 2 is 2.14 bits per heavy atom. The largest absolute Gasteiger partial charge is 0.367 e. The Kier molecular flexibility index (Phi) is 3.08. The maximum absolute atomic E-state index is 5.78. The molecule has 0 aromatic carbocycles. The van der Waals surface area contributed by atoms with Crippen LogP contribution in [0.5, 0.6) is 0 Å². The minimum absolute atomic E-state index is 0.335. The number of hydrogen-bond donors (Lipinski definition) is 1. The fraction of sp³-hybridized carbons (Fsp3) is 0.556. The molecule has 0 saturated heterocycles. The van der Waals surface area contributed by atoms with Gasteiger partial charge in [-0.25, -0.2) is 9.97 Å². The molecule has 1 aliphatic rings. The van der Waals surface area contributed by atoms with Crippen molar-refractivity contribution in [2.24, 2.45) is 0 Å². The van der Waals surface area contributed by atoms with Gasteiger partial charge in [0.05, 0.1) is 11.8 Å². The zero-order valence-corrected chi connectivity index (χ0v) is 9.15. The van der Waals surface area contributed by atoms with Gasteiger partial charge in [0, 0.05) is 17.8 Å². The first kappa shape index (κ1) is 9.99. The number of rotatable bonds is 4. The third-order valence-electron chi connectivity index (χ3n) is 2.10. The number of nitrogens with zero attached hydrogens (tertiary/aromatic N) is 2. The van der Waals surface area contributed by atoms with Gasteiger partial charge in [0.2, 0.25) is 0 Å². The van der Waals surface area contributed by atoms with Crippen molar-refractivity contribution < 1.29 is 0 Å². The molecule has 0 bridgehead atoms. The van der Waals surface area contributed by atoms with E-state index in [-0.39, 0.29) is 0 Å². The van der Waals surface area contributed by atoms with E-state index in [9.17, 15) is 0 Å². The van der Waals surface area contributed by atoms with Crippen molar-refractivity contribution in [3.63, 3.8) is 0 Å². The van der Waals surface area contributed by atoms with Crippen LogP contribution in [0, 0.1) is 0 Å². The highest BCUT2D eigenvalue weighted by molar-refractivity contribution is 6.17. The molecular weight excluding hydrogens is 221 g/mol. The quantitative estimate of drug-likeness (QED) is 0.810. The van der Waals surface area contributed by atoms with Crippen molar-refractivity contribution in [1.82, 2.24) is 9.97 Å². The van der Waals surface area contributed by atoms with Crippen LogP contribution in [0.4, 0.5) is 5.82 Å². The molecule has 1 aromatic heterocycles. The lowest BCUT2D eigenvalue weighted by Gasteiger charge is -2.08.